The number of nitrogens with zero attached hydrogens (tertiary/aromatic N) is 2. The van der Waals surface area contributed by atoms with Gasteiger partial charge in [0, 0.05) is 17.8 Å². The molecule has 2 heterocycles. The number of halogens is 3. The van der Waals surface area contributed by atoms with E-state index in [1.54, 1.807) is 0 Å². The van der Waals surface area contributed by atoms with Crippen LogP contribution in [0.15, 0.2) is 35.1 Å². The van der Waals surface area contributed by atoms with Gasteiger partial charge in [-0.2, -0.15) is 18.3 Å². The lowest BCUT2D eigenvalue weighted by Gasteiger charge is -2.17. The van der Waals surface area contributed by atoms with Gasteiger partial charge < -0.3 is 5.32 Å². The second-order valence-corrected chi connectivity index (χ2v) is 8.73. The molecule has 1 atom stereocenters. The number of hydrogen-bond acceptors (Lipinski definition) is 5. The third kappa shape index (κ3) is 4.08. The lowest BCUT2D eigenvalue weighted by Crippen LogP contribution is -2.39. The van der Waals surface area contributed by atoms with Gasteiger partial charge in [-0.05, 0) is 25.5 Å². The number of amides is 1. The van der Waals surface area contributed by atoms with Gasteiger partial charge in [-0.1, -0.05) is 12.1 Å². The van der Waals surface area contributed by atoms with Crippen LogP contribution in [0.4, 0.5) is 13.2 Å². The Bertz CT molecular complexity index is 1090. The fourth-order valence-corrected chi connectivity index (χ4v) is 4.68. The number of carbonyl (C=O) groups is 1. The molecule has 1 fully saturated rings. The average molecular weight is 415 g/mol. The monoisotopic (exact) mass is 415 g/mol. The highest BCUT2D eigenvalue weighted by molar-refractivity contribution is 7.91. The molecule has 150 valence electrons. The molecule has 1 N–H and O–H groups in total. The van der Waals surface area contributed by atoms with Crippen molar-refractivity contribution >= 4 is 15.7 Å². The first-order valence-corrected chi connectivity index (χ1v) is 10.1. The standard InChI is InChI=1S/C17H16F3N3O4S/c1-10-8-14(24)15(16(25)21-11-6-7-28(26,27)9-11)22-23(10)13-5-3-2-4-12(13)17(18,19)20/h2-5,8,11H,6-7,9H2,1H3,(H,21,25). The van der Waals surface area contributed by atoms with E-state index in [0.717, 1.165) is 16.8 Å². The summed E-state index contributed by atoms with van der Waals surface area (Å²) >= 11 is 0. The number of benzene rings is 1. The lowest BCUT2D eigenvalue weighted by atomic mass is 10.1. The molecule has 1 aromatic heterocycles. The first-order chi connectivity index (χ1) is 13.0. The van der Waals surface area contributed by atoms with Crippen molar-refractivity contribution in [2.75, 3.05) is 11.5 Å². The Kier molecular flexibility index (Phi) is 5.04. The normalized spacial score (nSPS) is 18.8. The minimum atomic E-state index is -4.66. The van der Waals surface area contributed by atoms with Crippen molar-refractivity contribution < 1.29 is 26.4 Å². The van der Waals surface area contributed by atoms with Crippen molar-refractivity contribution in [2.24, 2.45) is 0 Å². The highest BCUT2D eigenvalue weighted by Gasteiger charge is 2.34. The van der Waals surface area contributed by atoms with E-state index in [4.69, 9.17) is 0 Å². The first kappa shape index (κ1) is 20.1. The van der Waals surface area contributed by atoms with Crippen LogP contribution in [0.1, 0.15) is 28.2 Å². The predicted molar refractivity (Wildman–Crippen MR) is 94.1 cm³/mol. The fourth-order valence-electron chi connectivity index (χ4n) is 3.01. The van der Waals surface area contributed by atoms with Crippen molar-refractivity contribution in [3.8, 4) is 5.69 Å². The molecule has 1 aliphatic rings. The summed E-state index contributed by atoms with van der Waals surface area (Å²) < 4.78 is 63.8. The van der Waals surface area contributed by atoms with Crippen LogP contribution in [0.2, 0.25) is 0 Å². The summed E-state index contributed by atoms with van der Waals surface area (Å²) in [6.45, 7) is 1.40. The highest BCUT2D eigenvalue weighted by atomic mass is 32.2. The Labute approximate surface area is 158 Å². The predicted octanol–water partition coefficient (Wildman–Crippen LogP) is 1.48. The summed E-state index contributed by atoms with van der Waals surface area (Å²) in [4.78, 5) is 24.6. The number of carbonyl (C=O) groups excluding carboxylic acids is 1. The minimum Gasteiger partial charge on any atom is -0.347 e. The zero-order chi connectivity index (χ0) is 20.7. The van der Waals surface area contributed by atoms with Gasteiger partial charge in [0.15, 0.2) is 15.5 Å². The molecule has 28 heavy (non-hydrogen) atoms. The second kappa shape index (κ2) is 7.04. The minimum absolute atomic E-state index is 0.0809. The quantitative estimate of drug-likeness (QED) is 0.819. The van der Waals surface area contributed by atoms with Crippen LogP contribution in [0.25, 0.3) is 5.69 Å². The summed E-state index contributed by atoms with van der Waals surface area (Å²) in [5.74, 6) is -1.26. The van der Waals surface area contributed by atoms with Gasteiger partial charge in [0.25, 0.3) is 5.91 Å². The van der Waals surface area contributed by atoms with Crippen LogP contribution < -0.4 is 10.7 Å². The average Bonchev–Trinajstić information content (AvgIpc) is 2.92. The van der Waals surface area contributed by atoms with Gasteiger partial charge in [-0.3, -0.25) is 9.59 Å². The summed E-state index contributed by atoms with van der Waals surface area (Å²) in [6, 6.07) is 5.00. The van der Waals surface area contributed by atoms with Gasteiger partial charge in [0.05, 0.1) is 22.8 Å². The van der Waals surface area contributed by atoms with Crippen LogP contribution in [0.5, 0.6) is 0 Å². The first-order valence-electron chi connectivity index (χ1n) is 8.27. The number of alkyl halides is 3. The van der Waals surface area contributed by atoms with E-state index in [1.807, 2.05) is 0 Å². The van der Waals surface area contributed by atoms with Gasteiger partial charge in [0.1, 0.15) is 0 Å². The molecule has 0 spiro atoms. The second-order valence-electron chi connectivity index (χ2n) is 6.50. The maximum atomic E-state index is 13.3. The Morgan fingerprint density at radius 2 is 1.96 bits per heavy atom. The molecule has 1 aliphatic heterocycles. The maximum Gasteiger partial charge on any atom is 0.418 e. The molecule has 1 amide bonds. The Morgan fingerprint density at radius 1 is 1.29 bits per heavy atom. The maximum absolute atomic E-state index is 13.3. The summed E-state index contributed by atoms with van der Waals surface area (Å²) in [6.07, 6.45) is -4.46. The van der Waals surface area contributed by atoms with Gasteiger partial charge in [-0.25, -0.2) is 13.1 Å². The van der Waals surface area contributed by atoms with Crippen molar-refractivity contribution in [1.82, 2.24) is 15.1 Å². The van der Waals surface area contributed by atoms with Crippen LogP contribution in [0.3, 0.4) is 0 Å². The number of sulfone groups is 1. The van der Waals surface area contributed by atoms with Gasteiger partial charge in [0.2, 0.25) is 5.43 Å². The summed E-state index contributed by atoms with van der Waals surface area (Å²) in [5, 5.41) is 6.26. The Hall–Kier alpha value is -2.69. The van der Waals surface area contributed by atoms with Crippen molar-refractivity contribution in [2.45, 2.75) is 25.6 Å². The molecule has 0 saturated carbocycles. The molecule has 2 aromatic rings. The number of hydrogen-bond donors (Lipinski definition) is 1. The molecule has 0 radical (unpaired) electrons. The molecule has 0 aliphatic carbocycles. The van der Waals surface area contributed by atoms with Gasteiger partial charge in [-0.15, -0.1) is 0 Å². The molecule has 7 nitrogen and oxygen atoms in total. The molecule has 1 aromatic carbocycles. The lowest BCUT2D eigenvalue weighted by molar-refractivity contribution is -0.137. The van der Waals surface area contributed by atoms with E-state index in [1.165, 1.54) is 25.1 Å². The molecule has 0 bridgehead atoms. The van der Waals surface area contributed by atoms with E-state index in [2.05, 4.69) is 10.4 Å². The van der Waals surface area contributed by atoms with Crippen LogP contribution in [-0.4, -0.2) is 41.7 Å². The van der Waals surface area contributed by atoms with E-state index in [-0.39, 0.29) is 29.3 Å². The number of nitrogens with one attached hydrogen (secondary N) is 1. The van der Waals surface area contributed by atoms with Crippen molar-refractivity contribution in [1.29, 1.82) is 0 Å². The van der Waals surface area contributed by atoms with E-state index >= 15 is 0 Å². The topological polar surface area (TPSA) is 98.1 Å². The molecule has 11 heteroatoms. The number of aryl methyl sites for hydroxylation is 1. The highest BCUT2D eigenvalue weighted by Crippen LogP contribution is 2.33. The fraction of sp³-hybridized carbons (Fsp3) is 0.353. The third-order valence-electron chi connectivity index (χ3n) is 4.33. The Morgan fingerprint density at radius 3 is 2.57 bits per heavy atom. The van der Waals surface area contributed by atoms with Gasteiger partial charge >= 0.3 is 6.18 Å². The zero-order valence-electron chi connectivity index (χ0n) is 14.7. The van der Waals surface area contributed by atoms with Crippen molar-refractivity contribution in [3.05, 3.63) is 57.5 Å². The summed E-state index contributed by atoms with van der Waals surface area (Å²) in [5.41, 5.74) is -2.56. The number of para-hydroxylation sites is 1. The largest absolute Gasteiger partial charge is 0.418 e. The van der Waals surface area contributed by atoms with Crippen molar-refractivity contribution in [3.63, 3.8) is 0 Å². The molecular formula is C17H16F3N3O4S. The SMILES string of the molecule is Cc1cc(=O)c(C(=O)NC2CCS(=O)(=O)C2)nn1-c1ccccc1C(F)(F)F. The van der Waals surface area contributed by atoms with E-state index < -0.39 is 44.6 Å². The van der Waals surface area contributed by atoms with E-state index in [0.29, 0.717) is 0 Å². The zero-order valence-corrected chi connectivity index (χ0v) is 15.5. The molecule has 1 unspecified atom stereocenters. The number of aromatic nitrogens is 2. The smallest absolute Gasteiger partial charge is 0.347 e. The third-order valence-corrected chi connectivity index (χ3v) is 6.10. The van der Waals surface area contributed by atoms with Crippen LogP contribution >= 0.6 is 0 Å². The van der Waals surface area contributed by atoms with E-state index in [9.17, 15) is 31.2 Å². The van der Waals surface area contributed by atoms with Crippen LogP contribution in [0, 0.1) is 6.92 Å². The Balaban J connectivity index is 2.01. The van der Waals surface area contributed by atoms with Crippen LogP contribution in [-0.2, 0) is 16.0 Å². The molecular weight excluding hydrogens is 399 g/mol. The molecule has 3 rings (SSSR count). The summed E-state index contributed by atoms with van der Waals surface area (Å²) in [7, 11) is -3.26. The number of rotatable bonds is 3. The molecule has 1 saturated heterocycles.